The zero-order chi connectivity index (χ0) is 13.9. The van der Waals surface area contributed by atoms with Crippen molar-refractivity contribution in [1.29, 1.82) is 0 Å². The first-order chi connectivity index (χ1) is 8.32. The number of aryl methyl sites for hydroxylation is 1. The van der Waals surface area contributed by atoms with Crippen LogP contribution in [0.4, 0.5) is 14.5 Å². The minimum atomic E-state index is -3.21. The Bertz CT molecular complexity index is 514. The molecule has 0 heterocycles. The van der Waals surface area contributed by atoms with Crippen LogP contribution in [0.5, 0.6) is 0 Å². The standard InChI is InChI=1S/C11H9F2NO4/c1-6-2-3-7(4-8(6)14(17)18)9(15)5-10(16)11(12)13/h2-4,11H,5H2,1H3. The number of rotatable bonds is 5. The second-order valence-corrected chi connectivity index (χ2v) is 3.63. The van der Waals surface area contributed by atoms with E-state index in [1.54, 1.807) is 0 Å². The second-order valence-electron chi connectivity index (χ2n) is 3.63. The predicted molar refractivity (Wildman–Crippen MR) is 57.8 cm³/mol. The average Bonchev–Trinajstić information content (AvgIpc) is 2.28. The summed E-state index contributed by atoms with van der Waals surface area (Å²) in [5.41, 5.74) is -0.0663. The van der Waals surface area contributed by atoms with Crippen LogP contribution in [0.25, 0.3) is 0 Å². The summed E-state index contributed by atoms with van der Waals surface area (Å²) < 4.78 is 23.9. The number of nitro groups is 1. The van der Waals surface area contributed by atoms with Gasteiger partial charge in [0.1, 0.15) is 0 Å². The molecular weight excluding hydrogens is 248 g/mol. The lowest BCUT2D eigenvalue weighted by molar-refractivity contribution is -0.385. The number of nitrogens with zero attached hydrogens (tertiary/aromatic N) is 1. The molecule has 0 aromatic heterocycles. The van der Waals surface area contributed by atoms with Crippen LogP contribution in [0.1, 0.15) is 22.3 Å². The van der Waals surface area contributed by atoms with Gasteiger partial charge in [-0.15, -0.1) is 0 Å². The monoisotopic (exact) mass is 257 g/mol. The maximum atomic E-state index is 12.0. The van der Waals surface area contributed by atoms with Gasteiger partial charge in [-0.25, -0.2) is 8.78 Å². The molecule has 1 aromatic rings. The molecule has 0 aliphatic carbocycles. The summed E-state index contributed by atoms with van der Waals surface area (Å²) in [4.78, 5) is 32.1. The SMILES string of the molecule is Cc1ccc(C(=O)CC(=O)C(F)F)cc1[N+](=O)[O-]. The normalized spacial score (nSPS) is 10.4. The molecule has 0 saturated heterocycles. The molecule has 0 aliphatic heterocycles. The smallest absolute Gasteiger partial charge is 0.294 e. The highest BCUT2D eigenvalue weighted by Crippen LogP contribution is 2.20. The topological polar surface area (TPSA) is 77.3 Å². The molecule has 0 spiro atoms. The Balaban J connectivity index is 2.97. The number of hydrogen-bond donors (Lipinski definition) is 0. The Morgan fingerprint density at radius 2 is 2.00 bits per heavy atom. The fourth-order valence-corrected chi connectivity index (χ4v) is 1.32. The summed E-state index contributed by atoms with van der Waals surface area (Å²) in [5.74, 6) is -2.35. The van der Waals surface area contributed by atoms with E-state index < -0.39 is 29.3 Å². The Hall–Kier alpha value is -2.18. The van der Waals surface area contributed by atoms with Crippen molar-refractivity contribution in [3.05, 3.63) is 39.4 Å². The van der Waals surface area contributed by atoms with Gasteiger partial charge in [-0.2, -0.15) is 0 Å². The Morgan fingerprint density at radius 3 is 2.50 bits per heavy atom. The van der Waals surface area contributed by atoms with Crippen molar-refractivity contribution in [3.8, 4) is 0 Å². The van der Waals surface area contributed by atoms with Gasteiger partial charge in [0.2, 0.25) is 5.78 Å². The van der Waals surface area contributed by atoms with Gasteiger partial charge in [0.15, 0.2) is 5.78 Å². The first-order valence-corrected chi connectivity index (χ1v) is 4.92. The number of carbonyl (C=O) groups excluding carboxylic acids is 2. The number of alkyl halides is 2. The fourth-order valence-electron chi connectivity index (χ4n) is 1.32. The molecular formula is C11H9F2NO4. The van der Waals surface area contributed by atoms with Crippen molar-refractivity contribution in [3.63, 3.8) is 0 Å². The van der Waals surface area contributed by atoms with Crippen LogP contribution < -0.4 is 0 Å². The molecule has 1 rings (SSSR count). The third kappa shape index (κ3) is 3.16. The summed E-state index contributed by atoms with van der Waals surface area (Å²) in [6.07, 6.45) is -4.17. The lowest BCUT2D eigenvalue weighted by Gasteiger charge is -2.02. The molecule has 0 amide bonds. The third-order valence-corrected chi connectivity index (χ3v) is 2.31. The van der Waals surface area contributed by atoms with Gasteiger partial charge in [-0.1, -0.05) is 12.1 Å². The number of hydrogen-bond acceptors (Lipinski definition) is 4. The van der Waals surface area contributed by atoms with Crippen LogP contribution >= 0.6 is 0 Å². The molecule has 0 bridgehead atoms. The molecule has 0 radical (unpaired) electrons. The molecule has 0 fully saturated rings. The van der Waals surface area contributed by atoms with Crippen molar-refractivity contribution >= 4 is 17.3 Å². The number of ketones is 2. The van der Waals surface area contributed by atoms with Crippen molar-refractivity contribution in [2.45, 2.75) is 19.8 Å². The predicted octanol–water partition coefficient (Wildman–Crippen LogP) is 2.31. The van der Waals surface area contributed by atoms with Crippen LogP contribution in [0.15, 0.2) is 18.2 Å². The largest absolute Gasteiger partial charge is 0.296 e. The van der Waals surface area contributed by atoms with Gasteiger partial charge in [0.25, 0.3) is 12.1 Å². The quantitative estimate of drug-likeness (QED) is 0.351. The second kappa shape index (κ2) is 5.44. The zero-order valence-electron chi connectivity index (χ0n) is 9.35. The molecule has 0 N–H and O–H groups in total. The molecule has 0 unspecified atom stereocenters. The highest BCUT2D eigenvalue weighted by molar-refractivity contribution is 6.09. The third-order valence-electron chi connectivity index (χ3n) is 2.31. The van der Waals surface area contributed by atoms with E-state index in [0.717, 1.165) is 6.07 Å². The molecule has 1 aromatic carbocycles. The van der Waals surface area contributed by atoms with Gasteiger partial charge < -0.3 is 0 Å². The van der Waals surface area contributed by atoms with Crippen LogP contribution in [0.3, 0.4) is 0 Å². The van der Waals surface area contributed by atoms with E-state index in [0.29, 0.717) is 5.56 Å². The Morgan fingerprint density at radius 1 is 1.39 bits per heavy atom. The van der Waals surface area contributed by atoms with Crippen molar-refractivity contribution < 1.29 is 23.3 Å². The summed E-state index contributed by atoms with van der Waals surface area (Å²) in [7, 11) is 0. The molecule has 0 aliphatic rings. The van der Waals surface area contributed by atoms with Crippen molar-refractivity contribution in [1.82, 2.24) is 0 Å². The molecule has 0 atom stereocenters. The van der Waals surface area contributed by atoms with E-state index in [1.807, 2.05) is 0 Å². The lowest BCUT2D eigenvalue weighted by atomic mass is 10.0. The summed E-state index contributed by atoms with van der Waals surface area (Å²) in [6, 6.07) is 3.58. The van der Waals surface area contributed by atoms with E-state index in [4.69, 9.17) is 0 Å². The minimum absolute atomic E-state index is 0.124. The zero-order valence-corrected chi connectivity index (χ0v) is 9.35. The molecule has 96 valence electrons. The summed E-state index contributed by atoms with van der Waals surface area (Å²) >= 11 is 0. The molecule has 0 saturated carbocycles. The van der Waals surface area contributed by atoms with E-state index in [2.05, 4.69) is 0 Å². The van der Waals surface area contributed by atoms with Gasteiger partial charge in [-0.05, 0) is 6.92 Å². The van der Waals surface area contributed by atoms with Crippen LogP contribution in [0.2, 0.25) is 0 Å². The van der Waals surface area contributed by atoms with Gasteiger partial charge >= 0.3 is 0 Å². The average molecular weight is 257 g/mol. The Labute approximate surface area is 101 Å². The molecule has 18 heavy (non-hydrogen) atoms. The lowest BCUT2D eigenvalue weighted by Crippen LogP contribution is -2.15. The van der Waals surface area contributed by atoms with Gasteiger partial charge in [-0.3, -0.25) is 19.7 Å². The maximum Gasteiger partial charge on any atom is 0.296 e. The molecule has 5 nitrogen and oxygen atoms in total. The van der Waals surface area contributed by atoms with Crippen molar-refractivity contribution in [2.24, 2.45) is 0 Å². The Kier molecular flexibility index (Phi) is 4.19. The summed E-state index contributed by atoms with van der Waals surface area (Å²) in [6.45, 7) is 1.48. The van der Waals surface area contributed by atoms with Gasteiger partial charge in [0.05, 0.1) is 11.3 Å². The van der Waals surface area contributed by atoms with E-state index in [9.17, 15) is 28.5 Å². The fraction of sp³-hybridized carbons (Fsp3) is 0.273. The summed E-state index contributed by atoms with van der Waals surface area (Å²) in [5, 5.41) is 10.6. The van der Waals surface area contributed by atoms with E-state index in [1.165, 1.54) is 19.1 Å². The van der Waals surface area contributed by atoms with Crippen LogP contribution in [-0.4, -0.2) is 22.9 Å². The number of benzene rings is 1. The highest BCUT2D eigenvalue weighted by Gasteiger charge is 2.21. The number of halogens is 2. The molecule has 7 heteroatoms. The first kappa shape index (κ1) is 13.9. The minimum Gasteiger partial charge on any atom is -0.294 e. The highest BCUT2D eigenvalue weighted by atomic mass is 19.3. The number of carbonyl (C=O) groups is 2. The maximum absolute atomic E-state index is 12.0. The van der Waals surface area contributed by atoms with Crippen LogP contribution in [-0.2, 0) is 4.79 Å². The number of nitro benzene ring substituents is 1. The van der Waals surface area contributed by atoms with E-state index in [-0.39, 0.29) is 11.3 Å². The first-order valence-electron chi connectivity index (χ1n) is 4.92. The van der Waals surface area contributed by atoms with Gasteiger partial charge in [0, 0.05) is 17.2 Å². The van der Waals surface area contributed by atoms with Crippen LogP contribution in [0, 0.1) is 17.0 Å². The van der Waals surface area contributed by atoms with Crippen molar-refractivity contribution in [2.75, 3.05) is 0 Å². The number of Topliss-reactive ketones (excluding diaryl/α,β-unsaturated/α-hetero) is 2. The van der Waals surface area contributed by atoms with E-state index >= 15 is 0 Å².